The molecule has 0 amide bonds. The third kappa shape index (κ3) is 3.36. The summed E-state index contributed by atoms with van der Waals surface area (Å²) < 4.78 is 10.6. The number of aromatic hydroxyl groups is 2. The van der Waals surface area contributed by atoms with Crippen LogP contribution in [0, 0.1) is 0 Å². The van der Waals surface area contributed by atoms with Gasteiger partial charge in [-0.1, -0.05) is 12.1 Å². The summed E-state index contributed by atoms with van der Waals surface area (Å²) in [5.41, 5.74) is 1.33. The number of hydrogen-bond donors (Lipinski definition) is 2. The van der Waals surface area contributed by atoms with Crippen LogP contribution in [0.1, 0.15) is 5.56 Å². The van der Waals surface area contributed by atoms with E-state index in [9.17, 15) is 15.0 Å². The number of piperazine rings is 1. The van der Waals surface area contributed by atoms with Gasteiger partial charge < -0.3 is 24.3 Å². The number of phenolic OH excluding ortho intramolecular Hbond substituents is 2. The SMILES string of the molecule is COc1ccccc1N1CCN(Cc2cc(=O)oc3c(O)c(O)ccc23)CC1. The first kappa shape index (κ1) is 18.2. The predicted molar refractivity (Wildman–Crippen MR) is 106 cm³/mol. The first-order valence-electron chi connectivity index (χ1n) is 9.15. The fourth-order valence-corrected chi connectivity index (χ4v) is 3.68. The van der Waals surface area contributed by atoms with Gasteiger partial charge in [-0.2, -0.15) is 0 Å². The minimum Gasteiger partial charge on any atom is -0.504 e. The van der Waals surface area contributed by atoms with E-state index in [0.29, 0.717) is 11.9 Å². The van der Waals surface area contributed by atoms with Crippen molar-refractivity contribution < 1.29 is 19.4 Å². The van der Waals surface area contributed by atoms with E-state index in [1.165, 1.54) is 12.1 Å². The zero-order valence-electron chi connectivity index (χ0n) is 15.6. The minimum atomic E-state index is -0.545. The van der Waals surface area contributed by atoms with Crippen molar-refractivity contribution in [2.45, 2.75) is 6.54 Å². The second kappa shape index (κ2) is 7.44. The van der Waals surface area contributed by atoms with Crippen molar-refractivity contribution in [3.05, 3.63) is 58.4 Å². The average Bonchev–Trinajstić information content (AvgIpc) is 2.71. The number of fused-ring (bicyclic) bond motifs is 1. The van der Waals surface area contributed by atoms with Gasteiger partial charge >= 0.3 is 5.63 Å². The Hall–Kier alpha value is -3.19. The lowest BCUT2D eigenvalue weighted by Crippen LogP contribution is -2.46. The van der Waals surface area contributed by atoms with Crippen LogP contribution in [0.15, 0.2) is 51.7 Å². The highest BCUT2D eigenvalue weighted by Crippen LogP contribution is 2.34. The number of para-hydroxylation sites is 2. The summed E-state index contributed by atoms with van der Waals surface area (Å²) in [5, 5.41) is 20.3. The summed E-state index contributed by atoms with van der Waals surface area (Å²) in [4.78, 5) is 16.5. The first-order valence-corrected chi connectivity index (χ1v) is 9.15. The van der Waals surface area contributed by atoms with E-state index in [0.717, 1.165) is 43.2 Å². The van der Waals surface area contributed by atoms with E-state index < -0.39 is 11.4 Å². The van der Waals surface area contributed by atoms with Gasteiger partial charge in [0.1, 0.15) is 5.75 Å². The average molecular weight is 382 g/mol. The van der Waals surface area contributed by atoms with Gasteiger partial charge in [0.15, 0.2) is 11.3 Å². The van der Waals surface area contributed by atoms with Gasteiger partial charge in [-0.15, -0.1) is 0 Å². The Kier molecular flexibility index (Phi) is 4.83. The Morgan fingerprint density at radius 2 is 1.82 bits per heavy atom. The molecule has 28 heavy (non-hydrogen) atoms. The Labute approximate surface area is 162 Å². The molecule has 7 nitrogen and oxygen atoms in total. The summed E-state index contributed by atoms with van der Waals surface area (Å²) in [6.45, 7) is 3.89. The summed E-state index contributed by atoms with van der Waals surface area (Å²) >= 11 is 0. The number of ether oxygens (including phenoxy) is 1. The smallest absolute Gasteiger partial charge is 0.336 e. The fraction of sp³-hybridized carbons (Fsp3) is 0.286. The van der Waals surface area contributed by atoms with Crippen LogP contribution in [0.25, 0.3) is 11.0 Å². The molecule has 0 bridgehead atoms. The Morgan fingerprint density at radius 3 is 2.57 bits per heavy atom. The molecule has 3 aromatic rings. The zero-order valence-corrected chi connectivity index (χ0v) is 15.6. The van der Waals surface area contributed by atoms with Gasteiger partial charge in [0, 0.05) is 44.2 Å². The molecule has 1 fully saturated rings. The number of rotatable bonds is 4. The molecule has 0 unspecified atom stereocenters. The largest absolute Gasteiger partial charge is 0.504 e. The number of benzene rings is 2. The normalized spacial score (nSPS) is 15.1. The summed E-state index contributed by atoms with van der Waals surface area (Å²) in [7, 11) is 1.67. The number of nitrogens with zero attached hydrogens (tertiary/aromatic N) is 2. The second-order valence-corrected chi connectivity index (χ2v) is 6.84. The minimum absolute atomic E-state index is 0.0233. The molecular formula is C21H22N2O5. The molecule has 0 aliphatic carbocycles. The summed E-state index contributed by atoms with van der Waals surface area (Å²) in [5.74, 6) is 0.147. The van der Waals surface area contributed by atoms with Crippen LogP contribution in [0.3, 0.4) is 0 Å². The zero-order chi connectivity index (χ0) is 19.7. The quantitative estimate of drug-likeness (QED) is 0.530. The standard InChI is InChI=1S/C21H22N2O5/c1-27-18-5-3-2-4-16(18)23-10-8-22(9-11-23)13-14-12-19(25)28-21-15(14)6-7-17(24)20(21)26/h2-7,12,24,26H,8-11,13H2,1H3. The lowest BCUT2D eigenvalue weighted by atomic mass is 10.1. The molecule has 0 saturated carbocycles. The van der Waals surface area contributed by atoms with Crippen LogP contribution < -0.4 is 15.3 Å². The number of methoxy groups -OCH3 is 1. The van der Waals surface area contributed by atoms with E-state index in [1.54, 1.807) is 13.2 Å². The van der Waals surface area contributed by atoms with Gasteiger partial charge in [-0.3, -0.25) is 4.90 Å². The highest BCUT2D eigenvalue weighted by atomic mass is 16.5. The van der Waals surface area contributed by atoms with Crippen molar-refractivity contribution in [2.75, 3.05) is 38.2 Å². The van der Waals surface area contributed by atoms with Crippen LogP contribution in [-0.2, 0) is 6.54 Å². The second-order valence-electron chi connectivity index (χ2n) is 6.84. The Balaban J connectivity index is 1.53. The third-order valence-corrected chi connectivity index (χ3v) is 5.14. The van der Waals surface area contributed by atoms with E-state index in [2.05, 4.69) is 15.9 Å². The monoisotopic (exact) mass is 382 g/mol. The molecule has 4 rings (SSSR count). The highest BCUT2D eigenvalue weighted by Gasteiger charge is 2.21. The number of anilines is 1. The predicted octanol–water partition coefficient (Wildman–Crippen LogP) is 2.54. The molecule has 1 saturated heterocycles. The summed E-state index contributed by atoms with van der Waals surface area (Å²) in [6, 6.07) is 12.5. The highest BCUT2D eigenvalue weighted by molar-refractivity contribution is 5.87. The maximum atomic E-state index is 11.9. The van der Waals surface area contributed by atoms with E-state index >= 15 is 0 Å². The van der Waals surface area contributed by atoms with Gasteiger partial charge in [0.25, 0.3) is 0 Å². The molecule has 2 N–H and O–H groups in total. The molecule has 0 atom stereocenters. The van der Waals surface area contributed by atoms with E-state index in [1.807, 2.05) is 18.2 Å². The van der Waals surface area contributed by atoms with Crippen molar-refractivity contribution in [2.24, 2.45) is 0 Å². The van der Waals surface area contributed by atoms with Crippen LogP contribution in [0.4, 0.5) is 5.69 Å². The Bertz CT molecular complexity index is 1050. The van der Waals surface area contributed by atoms with Crippen LogP contribution in [0.2, 0.25) is 0 Å². The van der Waals surface area contributed by atoms with Gasteiger partial charge in [0.05, 0.1) is 12.8 Å². The molecule has 0 radical (unpaired) electrons. The molecule has 7 heteroatoms. The van der Waals surface area contributed by atoms with Crippen molar-refractivity contribution in [3.63, 3.8) is 0 Å². The number of phenols is 2. The number of hydrogen-bond acceptors (Lipinski definition) is 7. The molecule has 1 aromatic heterocycles. The molecule has 146 valence electrons. The molecule has 1 aliphatic heterocycles. The van der Waals surface area contributed by atoms with Gasteiger partial charge in [0.2, 0.25) is 5.75 Å². The fourth-order valence-electron chi connectivity index (χ4n) is 3.68. The molecular weight excluding hydrogens is 360 g/mol. The maximum absolute atomic E-state index is 11.9. The molecule has 0 spiro atoms. The Morgan fingerprint density at radius 1 is 1.07 bits per heavy atom. The molecule has 2 heterocycles. The molecule has 2 aromatic carbocycles. The van der Waals surface area contributed by atoms with E-state index in [4.69, 9.17) is 9.15 Å². The van der Waals surface area contributed by atoms with Crippen LogP contribution in [-0.4, -0.2) is 48.4 Å². The van der Waals surface area contributed by atoms with Crippen molar-refractivity contribution in [1.82, 2.24) is 4.90 Å². The summed E-state index contributed by atoms with van der Waals surface area (Å²) in [6.07, 6.45) is 0. The van der Waals surface area contributed by atoms with E-state index in [-0.39, 0.29) is 11.3 Å². The van der Waals surface area contributed by atoms with Gasteiger partial charge in [-0.25, -0.2) is 4.79 Å². The van der Waals surface area contributed by atoms with Crippen molar-refractivity contribution in [3.8, 4) is 17.2 Å². The van der Waals surface area contributed by atoms with Crippen LogP contribution in [0.5, 0.6) is 17.2 Å². The van der Waals surface area contributed by atoms with Crippen molar-refractivity contribution >= 4 is 16.7 Å². The third-order valence-electron chi connectivity index (χ3n) is 5.14. The lowest BCUT2D eigenvalue weighted by molar-refractivity contribution is 0.249. The topological polar surface area (TPSA) is 86.4 Å². The van der Waals surface area contributed by atoms with Gasteiger partial charge in [-0.05, 0) is 29.8 Å². The maximum Gasteiger partial charge on any atom is 0.336 e. The molecule has 1 aliphatic rings. The van der Waals surface area contributed by atoms with Crippen LogP contribution >= 0.6 is 0 Å². The van der Waals surface area contributed by atoms with Crippen molar-refractivity contribution in [1.29, 1.82) is 0 Å². The first-order chi connectivity index (χ1) is 13.6. The lowest BCUT2D eigenvalue weighted by Gasteiger charge is -2.36.